The summed E-state index contributed by atoms with van der Waals surface area (Å²) in [5.41, 5.74) is 0.733. The average molecular weight is 372 g/mol. The molecule has 7 heteroatoms. The Labute approximate surface area is 158 Å². The van der Waals surface area contributed by atoms with E-state index in [1.165, 1.54) is 12.0 Å². The molecule has 1 aromatic heterocycles. The molecular weight excluding hydrogens is 348 g/mol. The molecule has 0 fully saturated rings. The maximum Gasteiger partial charge on any atom is 0.307 e. The van der Waals surface area contributed by atoms with Crippen molar-refractivity contribution in [3.05, 3.63) is 54.4 Å². The molecule has 2 aromatic rings. The number of rotatable bonds is 10. The normalized spacial score (nSPS) is 10.1. The molecule has 1 amide bonds. The van der Waals surface area contributed by atoms with Crippen LogP contribution in [0.5, 0.6) is 11.5 Å². The second-order valence-electron chi connectivity index (χ2n) is 5.66. The van der Waals surface area contributed by atoms with Crippen LogP contribution in [0.25, 0.3) is 0 Å². The van der Waals surface area contributed by atoms with Gasteiger partial charge in [-0.05, 0) is 43.3 Å². The van der Waals surface area contributed by atoms with Crippen LogP contribution in [0, 0.1) is 0 Å². The maximum atomic E-state index is 12.6. The second-order valence-corrected chi connectivity index (χ2v) is 5.66. The Kier molecular flexibility index (Phi) is 8.09. The van der Waals surface area contributed by atoms with Gasteiger partial charge in [-0.2, -0.15) is 0 Å². The van der Waals surface area contributed by atoms with E-state index in [4.69, 9.17) is 9.47 Å². The number of esters is 1. The highest BCUT2D eigenvalue weighted by Gasteiger charge is 2.17. The lowest BCUT2D eigenvalue weighted by atomic mass is 10.3. The van der Waals surface area contributed by atoms with Crippen molar-refractivity contribution in [2.24, 2.45) is 0 Å². The Morgan fingerprint density at radius 3 is 2.33 bits per heavy atom. The molecule has 27 heavy (non-hydrogen) atoms. The zero-order chi connectivity index (χ0) is 19.5. The lowest BCUT2D eigenvalue weighted by Gasteiger charge is -2.22. The summed E-state index contributed by atoms with van der Waals surface area (Å²) in [5.74, 6) is 0.697. The Hall–Kier alpha value is -3.09. The number of benzene rings is 1. The van der Waals surface area contributed by atoms with Gasteiger partial charge in [-0.15, -0.1) is 0 Å². The Morgan fingerprint density at radius 2 is 1.74 bits per heavy atom. The molecule has 0 spiro atoms. The first-order chi connectivity index (χ1) is 13.1. The minimum absolute atomic E-state index is 0.109. The van der Waals surface area contributed by atoms with Gasteiger partial charge in [0.1, 0.15) is 11.5 Å². The first-order valence-corrected chi connectivity index (χ1v) is 8.72. The number of hydrogen-bond donors (Lipinski definition) is 0. The summed E-state index contributed by atoms with van der Waals surface area (Å²) in [6, 6.07) is 12.5. The van der Waals surface area contributed by atoms with Crippen molar-refractivity contribution in [3.8, 4) is 11.5 Å². The Balaban J connectivity index is 1.95. The molecule has 0 unspecified atom stereocenters. The van der Waals surface area contributed by atoms with Crippen LogP contribution >= 0.6 is 0 Å². The van der Waals surface area contributed by atoms with Crippen LogP contribution in [-0.2, 0) is 20.9 Å². The van der Waals surface area contributed by atoms with Crippen molar-refractivity contribution in [2.75, 3.05) is 26.9 Å². The summed E-state index contributed by atoms with van der Waals surface area (Å²) < 4.78 is 15.6. The second kappa shape index (κ2) is 10.8. The molecule has 0 saturated heterocycles. The van der Waals surface area contributed by atoms with Crippen molar-refractivity contribution in [3.63, 3.8) is 0 Å². The van der Waals surface area contributed by atoms with Gasteiger partial charge >= 0.3 is 5.97 Å². The third-order valence-electron chi connectivity index (χ3n) is 3.74. The summed E-state index contributed by atoms with van der Waals surface area (Å²) >= 11 is 0. The molecular formula is C20H24N2O5. The summed E-state index contributed by atoms with van der Waals surface area (Å²) in [4.78, 5) is 29.8. The van der Waals surface area contributed by atoms with Crippen LogP contribution < -0.4 is 9.47 Å². The van der Waals surface area contributed by atoms with E-state index in [0.29, 0.717) is 18.9 Å². The lowest BCUT2D eigenvalue weighted by molar-refractivity contribution is -0.142. The van der Waals surface area contributed by atoms with Crippen LogP contribution in [0.1, 0.15) is 19.0 Å². The molecule has 0 N–H and O–H groups in total. The minimum atomic E-state index is -0.374. The number of ether oxygens (including phenoxy) is 3. The van der Waals surface area contributed by atoms with Gasteiger partial charge in [0, 0.05) is 12.7 Å². The molecule has 2 rings (SSSR count). The number of carbonyl (C=O) groups excluding carboxylic acids is 2. The zero-order valence-corrected chi connectivity index (χ0v) is 15.6. The SMILES string of the molecule is CCOc1ccc(OCC(=O)N(CCC(=O)OC)Cc2ccccn2)cc1. The monoisotopic (exact) mass is 372 g/mol. The smallest absolute Gasteiger partial charge is 0.307 e. The number of nitrogens with zero attached hydrogens (tertiary/aromatic N) is 2. The molecule has 144 valence electrons. The standard InChI is InChI=1S/C20H24N2O5/c1-3-26-17-7-9-18(10-8-17)27-15-19(23)22(13-11-20(24)25-2)14-16-6-4-5-12-21-16/h4-10,12H,3,11,13-15H2,1-2H3. The fourth-order valence-electron chi connectivity index (χ4n) is 2.34. The molecule has 0 saturated carbocycles. The molecule has 0 bridgehead atoms. The average Bonchev–Trinajstić information content (AvgIpc) is 2.71. The van der Waals surface area contributed by atoms with E-state index in [-0.39, 0.29) is 31.4 Å². The van der Waals surface area contributed by atoms with Gasteiger partial charge in [0.15, 0.2) is 6.61 Å². The number of aromatic nitrogens is 1. The van der Waals surface area contributed by atoms with E-state index in [2.05, 4.69) is 9.72 Å². The van der Waals surface area contributed by atoms with E-state index in [0.717, 1.165) is 11.4 Å². The van der Waals surface area contributed by atoms with E-state index in [1.807, 2.05) is 19.1 Å². The highest BCUT2D eigenvalue weighted by Crippen LogP contribution is 2.17. The topological polar surface area (TPSA) is 78.0 Å². The van der Waals surface area contributed by atoms with Gasteiger partial charge in [0.2, 0.25) is 0 Å². The number of amides is 1. The molecule has 1 heterocycles. The van der Waals surface area contributed by atoms with Crippen LogP contribution in [0.4, 0.5) is 0 Å². The predicted molar refractivity (Wildman–Crippen MR) is 99.4 cm³/mol. The highest BCUT2D eigenvalue weighted by atomic mass is 16.5. The molecule has 0 aliphatic carbocycles. The van der Waals surface area contributed by atoms with Gasteiger partial charge < -0.3 is 19.1 Å². The Bertz CT molecular complexity index is 719. The minimum Gasteiger partial charge on any atom is -0.494 e. The van der Waals surface area contributed by atoms with Crippen molar-refractivity contribution < 1.29 is 23.8 Å². The van der Waals surface area contributed by atoms with Crippen molar-refractivity contribution >= 4 is 11.9 Å². The highest BCUT2D eigenvalue weighted by molar-refractivity contribution is 5.78. The molecule has 0 aliphatic heterocycles. The third-order valence-corrected chi connectivity index (χ3v) is 3.74. The van der Waals surface area contributed by atoms with E-state index >= 15 is 0 Å². The van der Waals surface area contributed by atoms with E-state index in [1.54, 1.807) is 36.5 Å². The fraction of sp³-hybridized carbons (Fsp3) is 0.350. The molecule has 1 aromatic carbocycles. The number of methoxy groups -OCH3 is 1. The lowest BCUT2D eigenvalue weighted by Crippen LogP contribution is -2.36. The van der Waals surface area contributed by atoms with Gasteiger partial charge in [0.25, 0.3) is 5.91 Å². The van der Waals surface area contributed by atoms with Crippen molar-refractivity contribution in [1.29, 1.82) is 0 Å². The van der Waals surface area contributed by atoms with Crippen LogP contribution in [-0.4, -0.2) is 48.6 Å². The zero-order valence-electron chi connectivity index (χ0n) is 15.6. The van der Waals surface area contributed by atoms with Crippen molar-refractivity contribution in [2.45, 2.75) is 19.9 Å². The molecule has 0 radical (unpaired) electrons. The molecule has 7 nitrogen and oxygen atoms in total. The summed E-state index contributed by atoms with van der Waals surface area (Å²) in [6.07, 6.45) is 1.77. The van der Waals surface area contributed by atoms with Crippen molar-refractivity contribution in [1.82, 2.24) is 9.88 Å². The van der Waals surface area contributed by atoms with Gasteiger partial charge in [-0.25, -0.2) is 0 Å². The van der Waals surface area contributed by atoms with Gasteiger partial charge in [-0.3, -0.25) is 14.6 Å². The number of carbonyl (C=O) groups is 2. The largest absolute Gasteiger partial charge is 0.494 e. The first-order valence-electron chi connectivity index (χ1n) is 8.72. The van der Waals surface area contributed by atoms with Crippen LogP contribution in [0.15, 0.2) is 48.7 Å². The number of hydrogen-bond acceptors (Lipinski definition) is 6. The summed E-state index contributed by atoms with van der Waals surface area (Å²) in [6.45, 7) is 2.88. The summed E-state index contributed by atoms with van der Waals surface area (Å²) in [7, 11) is 1.32. The summed E-state index contributed by atoms with van der Waals surface area (Å²) in [5, 5.41) is 0. The quantitative estimate of drug-likeness (QED) is 0.596. The van der Waals surface area contributed by atoms with E-state index < -0.39 is 0 Å². The van der Waals surface area contributed by atoms with E-state index in [9.17, 15) is 9.59 Å². The van der Waals surface area contributed by atoms with Gasteiger partial charge in [-0.1, -0.05) is 6.07 Å². The number of pyridine rings is 1. The van der Waals surface area contributed by atoms with Crippen LogP contribution in [0.3, 0.4) is 0 Å². The maximum absolute atomic E-state index is 12.6. The fourth-order valence-corrected chi connectivity index (χ4v) is 2.34. The van der Waals surface area contributed by atoms with Crippen LogP contribution in [0.2, 0.25) is 0 Å². The Morgan fingerprint density at radius 1 is 1.04 bits per heavy atom. The third kappa shape index (κ3) is 6.97. The first kappa shape index (κ1) is 20.2. The van der Waals surface area contributed by atoms with Gasteiger partial charge in [0.05, 0.1) is 32.4 Å². The predicted octanol–water partition coefficient (Wildman–Crippen LogP) is 2.45. The molecule has 0 aliphatic rings. The molecule has 0 atom stereocenters.